The lowest BCUT2D eigenvalue weighted by Crippen LogP contribution is -2.54. The third-order valence-electron chi connectivity index (χ3n) is 11.8. The summed E-state index contributed by atoms with van der Waals surface area (Å²) in [6, 6.07) is 21.2. The van der Waals surface area contributed by atoms with Crippen molar-refractivity contribution >= 4 is 52.1 Å². The smallest absolute Gasteiger partial charge is 0.264 e. The Labute approximate surface area is 392 Å². The number of benzene rings is 3. The van der Waals surface area contributed by atoms with Crippen molar-refractivity contribution in [3.05, 3.63) is 90.3 Å². The van der Waals surface area contributed by atoms with Crippen LogP contribution in [-0.2, 0) is 38.1 Å². The molecule has 68 heavy (non-hydrogen) atoms. The van der Waals surface area contributed by atoms with E-state index in [1.54, 1.807) is 18.2 Å². The van der Waals surface area contributed by atoms with Gasteiger partial charge in [0.2, 0.25) is 17.7 Å². The van der Waals surface area contributed by atoms with Crippen molar-refractivity contribution in [3.63, 3.8) is 0 Å². The minimum absolute atomic E-state index is 0.0378. The van der Waals surface area contributed by atoms with Crippen molar-refractivity contribution in [2.24, 2.45) is 0 Å². The maximum Gasteiger partial charge on any atom is 0.264 e. The van der Waals surface area contributed by atoms with Gasteiger partial charge in [-0.05, 0) is 67.8 Å². The molecule has 8 rings (SSSR count). The Balaban J connectivity index is 0.633. The molecule has 1 atom stereocenters. The molecule has 0 spiro atoms. The van der Waals surface area contributed by atoms with Gasteiger partial charge in [0.25, 0.3) is 11.8 Å². The third-order valence-corrected chi connectivity index (χ3v) is 11.8. The lowest BCUT2D eigenvalue weighted by Gasteiger charge is -2.32. The molecule has 3 aliphatic rings. The molecule has 5 aromatic rings. The average Bonchev–Trinajstić information content (AvgIpc) is 3.87. The molecule has 20 heteroatoms. The van der Waals surface area contributed by atoms with Gasteiger partial charge in [0.1, 0.15) is 35.4 Å². The largest absolute Gasteiger partial charge is 0.457 e. The predicted molar refractivity (Wildman–Crippen MR) is 247 cm³/mol. The van der Waals surface area contributed by atoms with Crippen LogP contribution in [0.3, 0.4) is 0 Å². The Bertz CT molecular complexity index is 2550. The highest BCUT2D eigenvalue weighted by atomic mass is 16.6. The second kappa shape index (κ2) is 23.3. The molecule has 0 saturated carbocycles. The number of hydrogen-bond acceptors (Lipinski definition) is 16. The Hall–Kier alpha value is -6.84. The fourth-order valence-corrected chi connectivity index (χ4v) is 8.34. The zero-order chi connectivity index (χ0) is 47.2. The first kappa shape index (κ1) is 47.6. The summed E-state index contributed by atoms with van der Waals surface area (Å²) in [5.74, 6) is -0.335. The summed E-state index contributed by atoms with van der Waals surface area (Å²) in [7, 11) is 0. The van der Waals surface area contributed by atoms with Crippen LogP contribution in [-0.4, -0.2) is 151 Å². The van der Waals surface area contributed by atoms with E-state index in [2.05, 4.69) is 20.6 Å². The van der Waals surface area contributed by atoms with Gasteiger partial charge >= 0.3 is 0 Å². The summed E-state index contributed by atoms with van der Waals surface area (Å²) < 4.78 is 35.9. The molecule has 0 bridgehead atoms. The normalized spacial score (nSPS) is 16.4. The van der Waals surface area contributed by atoms with Gasteiger partial charge in [-0.25, -0.2) is 14.6 Å². The number of para-hydroxylation sites is 1. The number of fused-ring (bicyclic) bond motifs is 2. The summed E-state index contributed by atoms with van der Waals surface area (Å²) in [5, 5.41) is 11.0. The number of anilines is 2. The molecule has 2 fully saturated rings. The van der Waals surface area contributed by atoms with E-state index in [0.29, 0.717) is 120 Å². The predicted octanol–water partition coefficient (Wildman–Crippen LogP) is 4.02. The highest BCUT2D eigenvalue weighted by Crippen LogP contribution is 2.36. The fourth-order valence-electron chi connectivity index (χ4n) is 8.34. The summed E-state index contributed by atoms with van der Waals surface area (Å²) in [6.07, 6.45) is 3.33. The fraction of sp³-hybridized carbons (Fsp3) is 0.417. The number of carbonyl (C=O) groups is 5. The van der Waals surface area contributed by atoms with Gasteiger partial charge in [0, 0.05) is 37.3 Å². The molecule has 5 heterocycles. The van der Waals surface area contributed by atoms with Crippen LogP contribution in [0.1, 0.15) is 58.9 Å². The first-order chi connectivity index (χ1) is 33.3. The van der Waals surface area contributed by atoms with Crippen molar-refractivity contribution < 1.29 is 52.4 Å². The number of hydrogen-bond donors (Lipinski definition) is 3. The van der Waals surface area contributed by atoms with Crippen LogP contribution in [0.2, 0.25) is 0 Å². The van der Waals surface area contributed by atoms with E-state index in [4.69, 9.17) is 39.3 Å². The molecule has 0 aliphatic carbocycles. The number of aromatic nitrogens is 4. The Morgan fingerprint density at radius 3 is 2.04 bits per heavy atom. The van der Waals surface area contributed by atoms with E-state index in [1.807, 2.05) is 64.2 Å². The maximum absolute atomic E-state index is 13.2. The number of likely N-dealkylation sites (tertiary alicyclic amines) is 1. The van der Waals surface area contributed by atoms with Crippen LogP contribution in [0.25, 0.3) is 22.3 Å². The molecular formula is C48H55N9O11. The van der Waals surface area contributed by atoms with Crippen molar-refractivity contribution in [2.75, 3.05) is 96.8 Å². The van der Waals surface area contributed by atoms with E-state index in [9.17, 15) is 24.0 Å². The number of ether oxygens (including phenoxy) is 6. The number of imide groups is 2. The van der Waals surface area contributed by atoms with E-state index >= 15 is 0 Å². The summed E-state index contributed by atoms with van der Waals surface area (Å²) >= 11 is 0. The Kier molecular flexibility index (Phi) is 16.3. The Morgan fingerprint density at radius 2 is 1.37 bits per heavy atom. The Morgan fingerprint density at radius 1 is 0.721 bits per heavy atom. The number of amides is 5. The molecule has 0 radical (unpaired) electrons. The SMILES string of the molecule is Nc1ncnc2c1c(-c1ccc(Oc3ccccc3)cc1)nn2C1CCN(C(=O)CCOCCOCCOCCOCCOCCNc2cccc3c2C(=O)N(C2CCC(=O)NC2=O)C3=O)CC1. The van der Waals surface area contributed by atoms with Crippen LogP contribution in [0.4, 0.5) is 11.5 Å². The van der Waals surface area contributed by atoms with E-state index < -0.39 is 29.7 Å². The number of rotatable bonds is 24. The summed E-state index contributed by atoms with van der Waals surface area (Å²) in [5.41, 5.74) is 9.48. The molecular weight excluding hydrogens is 879 g/mol. The van der Waals surface area contributed by atoms with Gasteiger partial charge in [-0.2, -0.15) is 5.10 Å². The molecule has 2 aromatic heterocycles. The van der Waals surface area contributed by atoms with Gasteiger partial charge in [-0.3, -0.25) is 34.2 Å². The number of carbonyl (C=O) groups excluding carboxylic acids is 5. The topological polar surface area (TPSA) is 241 Å². The van der Waals surface area contributed by atoms with Gasteiger partial charge < -0.3 is 44.4 Å². The van der Waals surface area contributed by atoms with Gasteiger partial charge in [-0.15, -0.1) is 0 Å². The molecule has 1 unspecified atom stereocenters. The van der Waals surface area contributed by atoms with Crippen LogP contribution < -0.4 is 21.1 Å². The zero-order valence-electron chi connectivity index (χ0n) is 37.6. The monoisotopic (exact) mass is 933 g/mol. The minimum Gasteiger partial charge on any atom is -0.457 e. The number of nitrogens with zero attached hydrogens (tertiary/aromatic N) is 6. The quantitative estimate of drug-likeness (QED) is 0.0585. The highest BCUT2D eigenvalue weighted by molar-refractivity contribution is 6.25. The van der Waals surface area contributed by atoms with Gasteiger partial charge in [-0.1, -0.05) is 24.3 Å². The maximum atomic E-state index is 13.2. The summed E-state index contributed by atoms with van der Waals surface area (Å²) in [6.45, 7) is 5.23. The van der Waals surface area contributed by atoms with E-state index in [-0.39, 0.29) is 42.3 Å². The minimum atomic E-state index is -1.02. The van der Waals surface area contributed by atoms with Crippen molar-refractivity contribution in [2.45, 2.75) is 44.2 Å². The number of nitrogens with two attached hydrogens (primary N) is 1. The van der Waals surface area contributed by atoms with Crippen LogP contribution >= 0.6 is 0 Å². The van der Waals surface area contributed by atoms with Crippen molar-refractivity contribution in [1.82, 2.24) is 34.9 Å². The molecule has 2 saturated heterocycles. The van der Waals surface area contributed by atoms with Crippen molar-refractivity contribution in [3.8, 4) is 22.8 Å². The number of nitrogen functional groups attached to an aromatic ring is 1. The average molecular weight is 934 g/mol. The first-order valence-electron chi connectivity index (χ1n) is 22.8. The molecule has 3 aromatic carbocycles. The van der Waals surface area contributed by atoms with Gasteiger partial charge in [0.05, 0.1) is 95.0 Å². The summed E-state index contributed by atoms with van der Waals surface area (Å²) in [4.78, 5) is 74.8. The zero-order valence-corrected chi connectivity index (χ0v) is 37.6. The van der Waals surface area contributed by atoms with E-state index in [1.165, 1.54) is 6.33 Å². The molecule has 20 nitrogen and oxygen atoms in total. The second-order valence-corrected chi connectivity index (χ2v) is 16.2. The number of nitrogens with one attached hydrogen (secondary N) is 2. The van der Waals surface area contributed by atoms with Crippen molar-refractivity contribution in [1.29, 1.82) is 0 Å². The lowest BCUT2D eigenvalue weighted by molar-refractivity contribution is -0.136. The first-order valence-corrected chi connectivity index (χ1v) is 22.8. The highest BCUT2D eigenvalue weighted by Gasteiger charge is 2.45. The van der Waals surface area contributed by atoms with Crippen LogP contribution in [0, 0.1) is 0 Å². The van der Waals surface area contributed by atoms with E-state index in [0.717, 1.165) is 29.1 Å². The lowest BCUT2D eigenvalue weighted by atomic mass is 10.0. The number of piperidine rings is 2. The molecule has 4 N–H and O–H groups in total. The molecule has 358 valence electrons. The second-order valence-electron chi connectivity index (χ2n) is 16.2. The standard InChI is InChI=1S/C48H55N9O11/c49-44-42-43(32-9-11-35(12-10-32)68-34-5-2-1-3-6-34)54-57(45(42)52-31-51-44)33-15-19-55(20-16-33)40(59)17-21-63-23-25-65-27-29-67-30-28-66-26-24-64-22-18-50-37-8-4-7-36-41(37)48(62)56(47(36)61)38-13-14-39(58)53-46(38)60/h1-12,31,33,38,50H,13-30H2,(H2,49,51,52)(H,53,58,60). The molecule has 3 aliphatic heterocycles. The third kappa shape index (κ3) is 11.6. The van der Waals surface area contributed by atoms with Gasteiger partial charge in [0.15, 0.2) is 5.65 Å². The van der Waals surface area contributed by atoms with Crippen LogP contribution in [0.5, 0.6) is 11.5 Å². The molecule has 5 amide bonds. The van der Waals surface area contributed by atoms with Crippen LogP contribution in [0.15, 0.2) is 79.1 Å².